The molecule has 0 spiro atoms. The lowest BCUT2D eigenvalue weighted by Gasteiger charge is -2.12. The zero-order valence-corrected chi connectivity index (χ0v) is 19.1. The first-order valence-corrected chi connectivity index (χ1v) is 11.8. The number of ketones is 1. The Morgan fingerprint density at radius 2 is 1.97 bits per heavy atom. The number of aromatic nitrogens is 1. The van der Waals surface area contributed by atoms with Crippen LogP contribution in [0.2, 0.25) is 0 Å². The lowest BCUT2D eigenvalue weighted by molar-refractivity contribution is -0.109. The number of pyridine rings is 1. The van der Waals surface area contributed by atoms with Gasteiger partial charge in [-0.15, -0.1) is 0 Å². The summed E-state index contributed by atoms with van der Waals surface area (Å²) in [6.07, 6.45) is 1.88. The van der Waals surface area contributed by atoms with Crippen LogP contribution in [0.15, 0.2) is 41.4 Å². The van der Waals surface area contributed by atoms with Crippen molar-refractivity contribution in [3.8, 4) is 5.75 Å². The van der Waals surface area contributed by atoms with Crippen LogP contribution in [0.1, 0.15) is 23.7 Å². The maximum Gasteiger partial charge on any atom is 0.263 e. The monoisotopic (exact) mass is 469 g/mol. The summed E-state index contributed by atoms with van der Waals surface area (Å²) in [4.78, 5) is 28.6. The van der Waals surface area contributed by atoms with Crippen LogP contribution < -0.4 is 9.46 Å². The predicted octanol–water partition coefficient (Wildman–Crippen LogP) is 2.81. The number of hydrogen-bond donors (Lipinski definition) is 1. The number of sulfonamides is 1. The van der Waals surface area contributed by atoms with Crippen LogP contribution in [0, 0.1) is 5.82 Å². The maximum absolute atomic E-state index is 14.0. The summed E-state index contributed by atoms with van der Waals surface area (Å²) in [6, 6.07) is 6.02. The fourth-order valence-corrected chi connectivity index (χ4v) is 3.91. The average Bonchev–Trinajstić information content (AvgIpc) is 2.70. The van der Waals surface area contributed by atoms with Gasteiger partial charge in [-0.1, -0.05) is 11.8 Å². The molecule has 11 heteroatoms. The van der Waals surface area contributed by atoms with E-state index in [1.165, 1.54) is 25.3 Å². The van der Waals surface area contributed by atoms with Gasteiger partial charge in [-0.2, -0.15) is 0 Å². The summed E-state index contributed by atoms with van der Waals surface area (Å²) in [6.45, 7) is 2.35. The zero-order chi connectivity index (χ0) is 23.0. The first-order chi connectivity index (χ1) is 14.6. The predicted molar refractivity (Wildman–Crippen MR) is 118 cm³/mol. The minimum atomic E-state index is -4.05. The molecule has 1 aromatic heterocycles. The number of anilines is 1. The van der Waals surface area contributed by atoms with Gasteiger partial charge in [0.05, 0.1) is 17.3 Å². The number of ether oxygens (including phenoxy) is 1. The van der Waals surface area contributed by atoms with Crippen molar-refractivity contribution in [2.45, 2.75) is 18.2 Å². The molecule has 168 valence electrons. The van der Waals surface area contributed by atoms with Crippen LogP contribution >= 0.6 is 11.8 Å². The molecule has 0 amide bonds. The first-order valence-electron chi connectivity index (χ1n) is 9.31. The van der Waals surface area contributed by atoms with Crippen LogP contribution in [0.3, 0.4) is 0 Å². The molecule has 0 fully saturated rings. The SMILES string of the molecule is CC(=O)SCC(=O)c1ccc(NS(=O)(=O)c2ccc(F)c(OCCCN(C)C)c2)nc1. The van der Waals surface area contributed by atoms with Gasteiger partial charge in [0.15, 0.2) is 22.5 Å². The Morgan fingerprint density at radius 3 is 2.58 bits per heavy atom. The van der Waals surface area contributed by atoms with E-state index in [1.807, 2.05) is 19.0 Å². The number of hydrogen-bond acceptors (Lipinski definition) is 8. The topological polar surface area (TPSA) is 106 Å². The van der Waals surface area contributed by atoms with Gasteiger partial charge in [-0.05, 0) is 44.8 Å². The number of carbonyl (C=O) groups is 2. The van der Waals surface area contributed by atoms with Gasteiger partial charge >= 0.3 is 0 Å². The van der Waals surface area contributed by atoms with Crippen molar-refractivity contribution in [3.05, 3.63) is 47.9 Å². The van der Waals surface area contributed by atoms with Crippen LogP contribution in [0.25, 0.3) is 0 Å². The van der Waals surface area contributed by atoms with E-state index in [-0.39, 0.29) is 45.3 Å². The molecular formula is C20H24FN3O5S2. The van der Waals surface area contributed by atoms with Crippen LogP contribution in [0.4, 0.5) is 10.2 Å². The van der Waals surface area contributed by atoms with E-state index in [0.717, 1.165) is 36.5 Å². The molecule has 0 atom stereocenters. The Hall–Kier alpha value is -2.50. The lowest BCUT2D eigenvalue weighted by Crippen LogP contribution is -2.16. The summed E-state index contributed by atoms with van der Waals surface area (Å²) in [7, 11) is -0.245. The number of rotatable bonds is 11. The van der Waals surface area contributed by atoms with Crippen molar-refractivity contribution < 1.29 is 27.1 Å². The summed E-state index contributed by atoms with van der Waals surface area (Å²) in [5.74, 6) is -1.13. The Morgan fingerprint density at radius 1 is 1.23 bits per heavy atom. The van der Waals surface area contributed by atoms with E-state index in [1.54, 1.807) is 0 Å². The standard InChI is InChI=1S/C20H24FN3O5S2/c1-14(25)30-13-18(26)15-5-8-20(22-12-15)23-31(27,28)16-6-7-17(21)19(11-16)29-10-4-9-24(2)3/h5-8,11-12H,4,9-10,13H2,1-3H3,(H,22,23). The maximum atomic E-state index is 14.0. The van der Waals surface area contributed by atoms with E-state index >= 15 is 0 Å². The number of thioether (sulfide) groups is 1. The molecule has 8 nitrogen and oxygen atoms in total. The third kappa shape index (κ3) is 7.93. The van der Waals surface area contributed by atoms with E-state index < -0.39 is 15.8 Å². The van der Waals surface area contributed by atoms with E-state index in [2.05, 4.69) is 9.71 Å². The van der Waals surface area contributed by atoms with E-state index in [9.17, 15) is 22.4 Å². The van der Waals surface area contributed by atoms with E-state index in [4.69, 9.17) is 4.74 Å². The number of halogens is 1. The Bertz CT molecular complexity index is 1030. The van der Waals surface area contributed by atoms with Crippen molar-refractivity contribution in [3.63, 3.8) is 0 Å². The van der Waals surface area contributed by atoms with Crippen molar-refractivity contribution >= 4 is 38.5 Å². The molecule has 1 N–H and O–H groups in total. The van der Waals surface area contributed by atoms with Gasteiger partial charge in [-0.25, -0.2) is 17.8 Å². The van der Waals surface area contributed by atoms with Gasteiger partial charge in [0.25, 0.3) is 10.0 Å². The summed E-state index contributed by atoms with van der Waals surface area (Å²) in [5.41, 5.74) is 0.256. The van der Waals surface area contributed by atoms with Crippen LogP contribution in [0.5, 0.6) is 5.75 Å². The molecule has 0 unspecified atom stereocenters. The average molecular weight is 470 g/mol. The fourth-order valence-electron chi connectivity index (χ4n) is 2.39. The highest BCUT2D eigenvalue weighted by atomic mass is 32.2. The first kappa shape index (κ1) is 24.8. The number of Topliss-reactive ketones (excluding diaryl/α,β-unsaturated/α-hetero) is 1. The molecule has 2 aromatic rings. The molecule has 0 aliphatic carbocycles. The third-order valence-electron chi connectivity index (χ3n) is 3.95. The number of carbonyl (C=O) groups excluding carboxylic acids is 2. The molecule has 0 saturated carbocycles. The largest absolute Gasteiger partial charge is 0.490 e. The van der Waals surface area contributed by atoms with E-state index in [0.29, 0.717) is 6.42 Å². The van der Waals surface area contributed by atoms with Gasteiger partial charge in [-0.3, -0.25) is 14.3 Å². The highest BCUT2D eigenvalue weighted by Crippen LogP contribution is 2.23. The van der Waals surface area contributed by atoms with Crippen LogP contribution in [-0.4, -0.2) is 62.2 Å². The molecule has 2 rings (SSSR count). The summed E-state index contributed by atoms with van der Waals surface area (Å²) < 4.78 is 46.9. The number of nitrogens with zero attached hydrogens (tertiary/aromatic N) is 2. The molecule has 1 aromatic carbocycles. The highest BCUT2D eigenvalue weighted by molar-refractivity contribution is 8.14. The Kier molecular flexibility index (Phi) is 8.96. The molecule has 1 heterocycles. The van der Waals surface area contributed by atoms with Crippen LogP contribution in [-0.2, 0) is 14.8 Å². The minimum absolute atomic E-state index is 0.00597. The van der Waals surface area contributed by atoms with Gasteiger partial charge < -0.3 is 9.64 Å². The number of nitrogens with one attached hydrogen (secondary N) is 1. The second-order valence-corrected chi connectivity index (χ2v) is 9.67. The molecule has 0 saturated heterocycles. The normalized spacial score (nSPS) is 11.4. The molecule has 0 bridgehead atoms. The summed E-state index contributed by atoms with van der Waals surface area (Å²) in [5, 5.41) is -0.175. The van der Waals surface area contributed by atoms with Crippen molar-refractivity contribution in [1.29, 1.82) is 0 Å². The Labute approximate surface area is 185 Å². The Balaban J connectivity index is 2.07. The minimum Gasteiger partial charge on any atom is -0.490 e. The smallest absolute Gasteiger partial charge is 0.263 e. The quantitative estimate of drug-likeness (QED) is 0.396. The summed E-state index contributed by atoms with van der Waals surface area (Å²) >= 11 is 0.884. The second kappa shape index (κ2) is 11.2. The zero-order valence-electron chi connectivity index (χ0n) is 17.4. The second-order valence-electron chi connectivity index (χ2n) is 6.84. The van der Waals surface area contributed by atoms with Crippen molar-refractivity contribution in [2.75, 3.05) is 37.7 Å². The molecule has 0 radical (unpaired) electrons. The highest BCUT2D eigenvalue weighted by Gasteiger charge is 2.18. The van der Waals surface area contributed by atoms with Crippen molar-refractivity contribution in [1.82, 2.24) is 9.88 Å². The third-order valence-corrected chi connectivity index (χ3v) is 6.12. The molecular weight excluding hydrogens is 445 g/mol. The molecule has 0 aliphatic rings. The lowest BCUT2D eigenvalue weighted by atomic mass is 10.2. The fraction of sp³-hybridized carbons (Fsp3) is 0.350. The van der Waals surface area contributed by atoms with Crippen molar-refractivity contribution in [2.24, 2.45) is 0 Å². The van der Waals surface area contributed by atoms with Gasteiger partial charge in [0, 0.05) is 31.3 Å². The molecule has 0 aliphatic heterocycles. The molecule has 31 heavy (non-hydrogen) atoms. The number of benzene rings is 1. The van der Waals surface area contributed by atoms with Gasteiger partial charge in [0.1, 0.15) is 5.82 Å². The van der Waals surface area contributed by atoms with Gasteiger partial charge in [0.2, 0.25) is 0 Å².